The van der Waals surface area contributed by atoms with Gasteiger partial charge in [0.05, 0.1) is 34.4 Å². The van der Waals surface area contributed by atoms with Crippen LogP contribution in [0.3, 0.4) is 0 Å². The van der Waals surface area contributed by atoms with Gasteiger partial charge in [-0.2, -0.15) is 0 Å². The molecule has 0 saturated heterocycles. The number of quaternary nitrogens is 1. The lowest BCUT2D eigenvalue weighted by Gasteiger charge is -2.31. The van der Waals surface area contributed by atoms with Gasteiger partial charge in [0, 0.05) is 19.3 Å². The second-order valence-corrected chi connectivity index (χ2v) is 18.4. The number of likely N-dealkylation sites (N-methyl/N-ethyl adjacent to an activating group) is 1. The van der Waals surface area contributed by atoms with Crippen LogP contribution < -0.4 is 0 Å². The zero-order chi connectivity index (χ0) is 44.9. The van der Waals surface area contributed by atoms with Crippen molar-refractivity contribution in [3.63, 3.8) is 0 Å². The number of allylic oxidation sites excluding steroid dienone is 6. The summed E-state index contributed by atoms with van der Waals surface area (Å²) in [6.07, 6.45) is 52.0. The predicted octanol–water partition coefficient (Wildman–Crippen LogP) is 14.6. The van der Waals surface area contributed by atoms with Crippen molar-refractivity contribution in [2.24, 2.45) is 0 Å². The van der Waals surface area contributed by atoms with Crippen molar-refractivity contribution >= 4 is 17.9 Å². The minimum absolute atomic E-state index is 0.0554. The smallest absolute Gasteiger partial charge is 0.362 e. The minimum atomic E-state index is -0.875. The Morgan fingerprint density at radius 2 is 0.918 bits per heavy atom. The first kappa shape index (κ1) is 58.6. The number of hydrogen-bond donors (Lipinski definition) is 1. The summed E-state index contributed by atoms with van der Waals surface area (Å²) in [5.41, 5.74) is 0. The van der Waals surface area contributed by atoms with E-state index in [0.29, 0.717) is 19.3 Å². The molecule has 0 aliphatic carbocycles. The third-order valence-electron chi connectivity index (χ3n) is 11.5. The second kappa shape index (κ2) is 44.2. The van der Waals surface area contributed by atoms with Gasteiger partial charge < -0.3 is 23.8 Å². The molecule has 0 fully saturated rings. The molecule has 2 atom stereocenters. The molecule has 0 rings (SSSR count). The van der Waals surface area contributed by atoms with Crippen molar-refractivity contribution in [2.45, 2.75) is 244 Å². The van der Waals surface area contributed by atoms with E-state index in [1.165, 1.54) is 141 Å². The highest BCUT2D eigenvalue weighted by Crippen LogP contribution is 2.16. The molecule has 0 amide bonds. The molecule has 0 aromatic carbocycles. The topological polar surface area (TPSA) is 99.1 Å². The molecule has 0 spiro atoms. The maximum Gasteiger partial charge on any atom is 0.362 e. The number of esters is 2. The number of unbranched alkanes of at least 4 members (excludes halogenated alkanes) is 26. The van der Waals surface area contributed by atoms with Crippen LogP contribution in [0.15, 0.2) is 36.5 Å². The van der Waals surface area contributed by atoms with Crippen molar-refractivity contribution in [3.8, 4) is 0 Å². The Bertz CT molecular complexity index is 1090. The zero-order valence-electron chi connectivity index (χ0n) is 40.6. The highest BCUT2D eigenvalue weighted by atomic mass is 16.6. The van der Waals surface area contributed by atoms with E-state index in [9.17, 15) is 19.5 Å². The van der Waals surface area contributed by atoms with Crippen molar-refractivity contribution < 1.29 is 38.2 Å². The Morgan fingerprint density at radius 1 is 0.508 bits per heavy atom. The number of ether oxygens (including phenoxy) is 3. The van der Waals surface area contributed by atoms with Crippen molar-refractivity contribution in [1.82, 2.24) is 0 Å². The number of carbonyl (C=O) groups is 3. The maximum absolute atomic E-state index is 12.8. The van der Waals surface area contributed by atoms with Gasteiger partial charge in [0.15, 0.2) is 12.1 Å². The molecule has 0 saturated carbocycles. The fourth-order valence-corrected chi connectivity index (χ4v) is 7.60. The predicted molar refractivity (Wildman–Crippen MR) is 257 cm³/mol. The van der Waals surface area contributed by atoms with Crippen LogP contribution in [0, 0.1) is 0 Å². The summed E-state index contributed by atoms with van der Waals surface area (Å²) in [7, 11) is 5.53. The average Bonchev–Trinajstić information content (AvgIpc) is 3.22. The standard InChI is InChI=1S/C53H97NO7/c1-6-8-10-12-14-16-18-20-22-23-24-25-26-27-28-29-30-32-34-36-38-40-42-44-52(56)61-49(47-59-46-45-50(53(57)58)54(3,4)5)48-60-51(55)43-41-39-37-35-33-31-21-19-17-15-13-11-9-7-2/h9,11,15,17,27-28,49-50H,6-8,10,12-14,16,18-26,29-48H2,1-5H3/p+1/b11-9+,17-15+,28-27+. The van der Waals surface area contributed by atoms with Crippen LogP contribution >= 0.6 is 0 Å². The molecule has 0 aromatic rings. The molecular formula is C53H98NO7+. The molecule has 0 aliphatic heterocycles. The Kier molecular flexibility index (Phi) is 42.4. The normalized spacial score (nSPS) is 13.1. The molecule has 2 unspecified atom stereocenters. The summed E-state index contributed by atoms with van der Waals surface area (Å²) in [6, 6.07) is -0.616. The molecule has 0 aromatic heterocycles. The summed E-state index contributed by atoms with van der Waals surface area (Å²) in [5, 5.41) is 9.64. The molecule has 0 heterocycles. The number of carboxylic acid groups (broad SMARTS) is 1. The first-order valence-corrected chi connectivity index (χ1v) is 25.5. The lowest BCUT2D eigenvalue weighted by Crippen LogP contribution is -2.50. The van der Waals surface area contributed by atoms with Crippen LogP contribution in [0.2, 0.25) is 0 Å². The van der Waals surface area contributed by atoms with E-state index < -0.39 is 18.1 Å². The Balaban J connectivity index is 4.21. The van der Waals surface area contributed by atoms with Crippen molar-refractivity contribution in [1.29, 1.82) is 0 Å². The second-order valence-electron chi connectivity index (χ2n) is 18.4. The van der Waals surface area contributed by atoms with Crippen LogP contribution in [0.1, 0.15) is 232 Å². The fourth-order valence-electron chi connectivity index (χ4n) is 7.60. The number of aliphatic carboxylic acids is 1. The molecule has 0 radical (unpaired) electrons. The van der Waals surface area contributed by atoms with Gasteiger partial charge in [-0.3, -0.25) is 9.59 Å². The summed E-state index contributed by atoms with van der Waals surface area (Å²) in [4.78, 5) is 37.1. The molecular weight excluding hydrogens is 763 g/mol. The van der Waals surface area contributed by atoms with Crippen molar-refractivity contribution in [3.05, 3.63) is 36.5 Å². The molecule has 8 nitrogen and oxygen atoms in total. The molecule has 356 valence electrons. The van der Waals surface area contributed by atoms with Crippen LogP contribution in [0.25, 0.3) is 0 Å². The van der Waals surface area contributed by atoms with Crippen LogP contribution in [0.5, 0.6) is 0 Å². The molecule has 8 heteroatoms. The highest BCUT2D eigenvalue weighted by molar-refractivity contribution is 5.72. The highest BCUT2D eigenvalue weighted by Gasteiger charge is 2.31. The Hall–Kier alpha value is -2.45. The van der Waals surface area contributed by atoms with Gasteiger partial charge >= 0.3 is 17.9 Å². The summed E-state index contributed by atoms with van der Waals surface area (Å²) in [5.74, 6) is -1.47. The van der Waals surface area contributed by atoms with Crippen LogP contribution in [-0.4, -0.2) is 80.6 Å². The largest absolute Gasteiger partial charge is 0.477 e. The third kappa shape index (κ3) is 42.6. The quantitative estimate of drug-likeness (QED) is 0.0282. The summed E-state index contributed by atoms with van der Waals surface area (Å²) >= 11 is 0. The number of carboxylic acids is 1. The van der Waals surface area contributed by atoms with Gasteiger partial charge in [-0.25, -0.2) is 4.79 Å². The van der Waals surface area contributed by atoms with Gasteiger partial charge in [-0.1, -0.05) is 185 Å². The van der Waals surface area contributed by atoms with Gasteiger partial charge in [-0.05, 0) is 64.2 Å². The average molecular weight is 861 g/mol. The van der Waals surface area contributed by atoms with E-state index in [4.69, 9.17) is 14.2 Å². The Labute approximate surface area is 376 Å². The maximum atomic E-state index is 12.8. The molecule has 0 bridgehead atoms. The molecule has 61 heavy (non-hydrogen) atoms. The lowest BCUT2D eigenvalue weighted by atomic mass is 10.0. The number of hydrogen-bond acceptors (Lipinski definition) is 6. The first-order valence-electron chi connectivity index (χ1n) is 25.5. The summed E-state index contributed by atoms with van der Waals surface area (Å²) < 4.78 is 17.3. The fraction of sp³-hybridized carbons (Fsp3) is 0.830. The van der Waals surface area contributed by atoms with E-state index in [2.05, 4.69) is 50.3 Å². The van der Waals surface area contributed by atoms with E-state index in [1.54, 1.807) is 0 Å². The van der Waals surface area contributed by atoms with Gasteiger partial charge in [-0.15, -0.1) is 0 Å². The van der Waals surface area contributed by atoms with Crippen LogP contribution in [0.4, 0.5) is 0 Å². The van der Waals surface area contributed by atoms with E-state index >= 15 is 0 Å². The summed E-state index contributed by atoms with van der Waals surface area (Å²) in [6.45, 7) is 4.65. The monoisotopic (exact) mass is 861 g/mol. The number of nitrogens with zero attached hydrogens (tertiary/aromatic N) is 1. The van der Waals surface area contributed by atoms with Crippen molar-refractivity contribution in [2.75, 3.05) is 41.0 Å². The van der Waals surface area contributed by atoms with E-state index in [0.717, 1.165) is 57.8 Å². The van der Waals surface area contributed by atoms with Gasteiger partial charge in [0.25, 0.3) is 0 Å². The molecule has 1 N–H and O–H groups in total. The van der Waals surface area contributed by atoms with E-state index in [1.807, 2.05) is 21.1 Å². The minimum Gasteiger partial charge on any atom is -0.477 e. The van der Waals surface area contributed by atoms with Gasteiger partial charge in [0.2, 0.25) is 0 Å². The SMILES string of the molecule is CC/C=C/C/C=C/CCCCCCCCCC(=O)OCC(COCCC(C(=O)O)[N+](C)(C)C)OC(=O)CCCCCCCCC/C=C/CCCCCCCCCCCCCC. The molecule has 0 aliphatic rings. The number of carbonyl (C=O) groups excluding carboxylic acids is 2. The zero-order valence-corrected chi connectivity index (χ0v) is 40.6. The first-order chi connectivity index (χ1) is 29.6. The van der Waals surface area contributed by atoms with Gasteiger partial charge in [0.1, 0.15) is 6.61 Å². The lowest BCUT2D eigenvalue weighted by molar-refractivity contribution is -0.887. The van der Waals surface area contributed by atoms with E-state index in [-0.39, 0.29) is 36.2 Å². The third-order valence-corrected chi connectivity index (χ3v) is 11.5. The Morgan fingerprint density at radius 3 is 1.36 bits per heavy atom. The van der Waals surface area contributed by atoms with Crippen LogP contribution in [-0.2, 0) is 28.6 Å². The number of rotatable bonds is 46.